The van der Waals surface area contributed by atoms with Crippen molar-refractivity contribution >= 4 is 42.8 Å². The van der Waals surface area contributed by atoms with Gasteiger partial charge in [0.05, 0.1) is 11.4 Å². The van der Waals surface area contributed by atoms with Crippen molar-refractivity contribution in [1.29, 1.82) is 0 Å². The van der Waals surface area contributed by atoms with E-state index < -0.39 is 25.8 Å². The van der Waals surface area contributed by atoms with E-state index in [0.29, 0.717) is 18.3 Å². The van der Waals surface area contributed by atoms with Crippen LogP contribution in [0.25, 0.3) is 0 Å². The molecule has 3 aromatic rings. The number of nitrogens with one attached hydrogen (secondary N) is 3. The third-order valence-corrected chi connectivity index (χ3v) is 10.8. The molecule has 1 aromatic heterocycles. The molecule has 2 aromatic carbocycles. The van der Waals surface area contributed by atoms with Gasteiger partial charge in [0.15, 0.2) is 0 Å². The maximum absolute atomic E-state index is 13.1. The van der Waals surface area contributed by atoms with Gasteiger partial charge < -0.3 is 10.4 Å². The number of anilines is 2. The Morgan fingerprint density at radius 3 is 2.41 bits per heavy atom. The van der Waals surface area contributed by atoms with Crippen molar-refractivity contribution in [1.82, 2.24) is 5.32 Å². The normalized spacial score (nSPS) is 15.8. The number of phenols is 1. The van der Waals surface area contributed by atoms with Gasteiger partial charge in [-0.25, -0.2) is 16.8 Å². The molecule has 1 atom stereocenters. The smallest absolute Gasteiger partial charge is 0.271 e. The summed E-state index contributed by atoms with van der Waals surface area (Å²) in [5, 5.41) is 15.6. The number of benzene rings is 2. The molecule has 1 heterocycles. The highest BCUT2D eigenvalue weighted by atomic mass is 32.2. The second-order valence-corrected chi connectivity index (χ2v) is 14.0. The zero-order valence-electron chi connectivity index (χ0n) is 20.7. The van der Waals surface area contributed by atoms with Crippen molar-refractivity contribution in [3.8, 4) is 5.75 Å². The van der Waals surface area contributed by atoms with Crippen LogP contribution in [0.1, 0.15) is 51.0 Å². The molecular weight excluding hydrogens is 531 g/mol. The van der Waals surface area contributed by atoms with Gasteiger partial charge in [0.25, 0.3) is 20.0 Å². The summed E-state index contributed by atoms with van der Waals surface area (Å²) in [4.78, 5) is -0.347. The number of hydrogen-bond acceptors (Lipinski definition) is 7. The predicted molar refractivity (Wildman–Crippen MR) is 148 cm³/mol. The Morgan fingerprint density at radius 2 is 1.70 bits per heavy atom. The number of rotatable bonds is 11. The lowest BCUT2D eigenvalue weighted by Crippen LogP contribution is -2.29. The summed E-state index contributed by atoms with van der Waals surface area (Å²) < 4.78 is 56.2. The summed E-state index contributed by atoms with van der Waals surface area (Å²) in [7, 11) is -7.96. The first-order chi connectivity index (χ1) is 17.6. The van der Waals surface area contributed by atoms with Gasteiger partial charge in [0.1, 0.15) is 14.9 Å². The van der Waals surface area contributed by atoms with Crippen molar-refractivity contribution in [3.63, 3.8) is 0 Å². The Balaban J connectivity index is 1.43. The highest BCUT2D eigenvalue weighted by Crippen LogP contribution is 2.31. The largest absolute Gasteiger partial charge is 0.506 e. The van der Waals surface area contributed by atoms with Crippen LogP contribution in [0.4, 0.5) is 11.4 Å². The Bertz CT molecular complexity index is 1400. The lowest BCUT2D eigenvalue weighted by atomic mass is 9.85. The Hall–Kier alpha value is -2.60. The molecule has 1 aliphatic rings. The van der Waals surface area contributed by atoms with Crippen LogP contribution in [0.2, 0.25) is 0 Å². The zero-order chi connectivity index (χ0) is 26.5. The number of aromatic hydroxyl groups is 1. The number of sulfonamides is 2. The van der Waals surface area contributed by atoms with Crippen LogP contribution >= 0.6 is 11.3 Å². The molecule has 0 bridgehead atoms. The molecule has 0 spiro atoms. The maximum atomic E-state index is 13.1. The number of thiophene rings is 1. The zero-order valence-corrected chi connectivity index (χ0v) is 23.1. The van der Waals surface area contributed by atoms with Gasteiger partial charge in [0, 0.05) is 18.7 Å². The van der Waals surface area contributed by atoms with Gasteiger partial charge in [-0.1, -0.05) is 56.4 Å². The number of para-hydroxylation sites is 1. The molecular formula is C26H33N3O5S3. The lowest BCUT2D eigenvalue weighted by molar-refractivity contribution is 0.305. The summed E-state index contributed by atoms with van der Waals surface area (Å²) in [6.45, 7) is 2.66. The van der Waals surface area contributed by atoms with Gasteiger partial charge in [-0.05, 0) is 54.5 Å². The molecule has 1 unspecified atom stereocenters. The van der Waals surface area contributed by atoms with Gasteiger partial charge >= 0.3 is 0 Å². The lowest BCUT2D eigenvalue weighted by Gasteiger charge is -2.25. The molecule has 0 radical (unpaired) electrons. The van der Waals surface area contributed by atoms with Crippen molar-refractivity contribution in [2.24, 2.45) is 5.92 Å². The highest BCUT2D eigenvalue weighted by molar-refractivity contribution is 7.94. The van der Waals surface area contributed by atoms with E-state index in [2.05, 4.69) is 21.7 Å². The van der Waals surface area contributed by atoms with E-state index in [1.807, 2.05) is 12.1 Å². The molecule has 4 rings (SSSR count). The topological polar surface area (TPSA) is 125 Å². The van der Waals surface area contributed by atoms with Crippen LogP contribution in [0.3, 0.4) is 0 Å². The molecule has 0 saturated heterocycles. The SMILES string of the molecule is CC(CC1CCCCC1)NCc1ccccc1NS(=O)(=O)c1ccc(NS(=O)(=O)c2cccs2)cc1O. The minimum absolute atomic E-state index is 0.0569. The molecule has 1 saturated carbocycles. The molecule has 1 aliphatic carbocycles. The second kappa shape index (κ2) is 11.8. The first-order valence-electron chi connectivity index (χ1n) is 12.4. The van der Waals surface area contributed by atoms with Crippen molar-refractivity contribution in [3.05, 3.63) is 65.5 Å². The van der Waals surface area contributed by atoms with E-state index in [9.17, 15) is 21.9 Å². The third kappa shape index (κ3) is 7.25. The van der Waals surface area contributed by atoms with Crippen LogP contribution in [0.5, 0.6) is 5.75 Å². The summed E-state index contributed by atoms with van der Waals surface area (Å²) in [5.41, 5.74) is 1.27. The third-order valence-electron chi connectivity index (χ3n) is 6.57. The first-order valence-corrected chi connectivity index (χ1v) is 16.2. The van der Waals surface area contributed by atoms with E-state index in [-0.39, 0.29) is 14.8 Å². The Kier molecular flexibility index (Phi) is 8.79. The van der Waals surface area contributed by atoms with Crippen LogP contribution in [-0.4, -0.2) is 28.0 Å². The summed E-state index contributed by atoms with van der Waals surface area (Å²) in [5.74, 6) is 0.182. The minimum Gasteiger partial charge on any atom is -0.506 e. The summed E-state index contributed by atoms with van der Waals surface area (Å²) in [6, 6.07) is 14.1. The number of phenolic OH excluding ortho intramolecular Hbond substituents is 1. The molecule has 4 N–H and O–H groups in total. The highest BCUT2D eigenvalue weighted by Gasteiger charge is 2.22. The average molecular weight is 564 g/mol. The molecule has 11 heteroatoms. The second-order valence-electron chi connectivity index (χ2n) is 9.50. The van der Waals surface area contributed by atoms with Crippen LogP contribution in [0, 0.1) is 5.92 Å². The Labute approximate surface area is 223 Å². The van der Waals surface area contributed by atoms with E-state index in [1.54, 1.807) is 23.6 Å². The molecule has 1 fully saturated rings. The Morgan fingerprint density at radius 1 is 0.946 bits per heavy atom. The van der Waals surface area contributed by atoms with Crippen molar-refractivity contribution in [2.75, 3.05) is 9.44 Å². The van der Waals surface area contributed by atoms with E-state index >= 15 is 0 Å². The minimum atomic E-state index is -4.13. The van der Waals surface area contributed by atoms with E-state index in [1.165, 1.54) is 50.3 Å². The molecule has 8 nitrogen and oxygen atoms in total. The van der Waals surface area contributed by atoms with Crippen LogP contribution in [-0.2, 0) is 26.6 Å². The van der Waals surface area contributed by atoms with Crippen molar-refractivity contribution in [2.45, 2.75) is 67.1 Å². The monoisotopic (exact) mass is 563 g/mol. The summed E-state index contributed by atoms with van der Waals surface area (Å²) >= 11 is 1.05. The summed E-state index contributed by atoms with van der Waals surface area (Å²) in [6.07, 6.45) is 7.59. The predicted octanol–water partition coefficient (Wildman–Crippen LogP) is 5.50. The molecule has 0 aliphatic heterocycles. The van der Waals surface area contributed by atoms with Gasteiger partial charge in [-0.2, -0.15) is 0 Å². The van der Waals surface area contributed by atoms with E-state index in [0.717, 1.165) is 35.3 Å². The first kappa shape index (κ1) is 27.4. The molecule has 200 valence electrons. The maximum Gasteiger partial charge on any atom is 0.271 e. The standard InChI is InChI=1S/C26H33N3O5S3/c1-19(16-20-8-3-2-4-9-20)27-18-21-10-5-6-11-23(21)29-36(31,32)25-14-13-22(17-24(25)30)28-37(33,34)26-12-7-15-35-26/h5-7,10-15,17,19-20,27-30H,2-4,8-9,16,18H2,1H3. The van der Waals surface area contributed by atoms with Gasteiger partial charge in [-0.15, -0.1) is 11.3 Å². The van der Waals surface area contributed by atoms with Gasteiger partial charge in [-0.3, -0.25) is 9.44 Å². The fourth-order valence-electron chi connectivity index (χ4n) is 4.69. The molecule has 0 amide bonds. The van der Waals surface area contributed by atoms with Gasteiger partial charge in [0.2, 0.25) is 0 Å². The fourth-order valence-corrected chi connectivity index (χ4v) is 7.92. The number of hydrogen-bond donors (Lipinski definition) is 4. The quantitative estimate of drug-likeness (QED) is 0.244. The van der Waals surface area contributed by atoms with Crippen molar-refractivity contribution < 1.29 is 21.9 Å². The van der Waals surface area contributed by atoms with Crippen LogP contribution in [0.15, 0.2) is 69.1 Å². The van der Waals surface area contributed by atoms with Crippen LogP contribution < -0.4 is 14.8 Å². The molecule has 37 heavy (non-hydrogen) atoms. The van der Waals surface area contributed by atoms with E-state index in [4.69, 9.17) is 0 Å². The fraction of sp³-hybridized carbons (Fsp3) is 0.385. The average Bonchev–Trinajstić information content (AvgIpc) is 3.40.